The Morgan fingerprint density at radius 1 is 1.12 bits per heavy atom. The van der Waals surface area contributed by atoms with Gasteiger partial charge in [0, 0.05) is 16.5 Å². The standard InChI is InChI=1S/C19H16N2O3S/c1-12-3-2-4-14(9-12)18(22)21-19-20-15(11-25-19)13-5-6-16-17(10-13)24-8-7-23-16/h2-6,9-11H,7-8H2,1H3,(H,20,21,22). The van der Waals surface area contributed by atoms with Gasteiger partial charge in [-0.05, 0) is 37.3 Å². The van der Waals surface area contributed by atoms with Crippen molar-refractivity contribution in [2.45, 2.75) is 6.92 Å². The van der Waals surface area contributed by atoms with Crippen LogP contribution in [0.2, 0.25) is 0 Å². The molecule has 126 valence electrons. The van der Waals surface area contributed by atoms with Gasteiger partial charge in [-0.2, -0.15) is 0 Å². The van der Waals surface area contributed by atoms with Gasteiger partial charge in [-0.25, -0.2) is 4.98 Å². The monoisotopic (exact) mass is 352 g/mol. The average molecular weight is 352 g/mol. The number of rotatable bonds is 3. The minimum Gasteiger partial charge on any atom is -0.486 e. The van der Waals surface area contributed by atoms with Crippen LogP contribution >= 0.6 is 11.3 Å². The molecule has 2 heterocycles. The number of anilines is 1. The maximum absolute atomic E-state index is 12.3. The molecular formula is C19H16N2O3S. The summed E-state index contributed by atoms with van der Waals surface area (Å²) in [4.78, 5) is 16.8. The number of hydrogen-bond acceptors (Lipinski definition) is 5. The highest BCUT2D eigenvalue weighted by molar-refractivity contribution is 7.14. The normalized spacial score (nSPS) is 12.7. The number of carbonyl (C=O) groups excluding carboxylic acids is 1. The van der Waals surface area contributed by atoms with Gasteiger partial charge in [0.2, 0.25) is 0 Å². The molecule has 0 atom stereocenters. The van der Waals surface area contributed by atoms with E-state index in [9.17, 15) is 4.79 Å². The minimum absolute atomic E-state index is 0.160. The molecule has 0 saturated carbocycles. The highest BCUT2D eigenvalue weighted by Crippen LogP contribution is 2.35. The zero-order valence-corrected chi connectivity index (χ0v) is 14.4. The van der Waals surface area contributed by atoms with Crippen LogP contribution in [0.4, 0.5) is 5.13 Å². The smallest absolute Gasteiger partial charge is 0.257 e. The lowest BCUT2D eigenvalue weighted by Gasteiger charge is -2.18. The van der Waals surface area contributed by atoms with Crippen molar-refractivity contribution in [2.75, 3.05) is 18.5 Å². The van der Waals surface area contributed by atoms with Crippen molar-refractivity contribution in [3.8, 4) is 22.8 Å². The molecule has 6 heteroatoms. The van der Waals surface area contributed by atoms with Crippen molar-refractivity contribution in [2.24, 2.45) is 0 Å². The fraction of sp³-hybridized carbons (Fsp3) is 0.158. The molecule has 25 heavy (non-hydrogen) atoms. The molecule has 5 nitrogen and oxygen atoms in total. The SMILES string of the molecule is Cc1cccc(C(=O)Nc2nc(-c3ccc4c(c3)OCCO4)cs2)c1. The zero-order valence-electron chi connectivity index (χ0n) is 13.6. The second kappa shape index (κ2) is 6.57. The molecule has 0 bridgehead atoms. The van der Waals surface area contributed by atoms with Crippen LogP contribution in [0.15, 0.2) is 47.8 Å². The first kappa shape index (κ1) is 15.7. The molecule has 0 unspecified atom stereocenters. The van der Waals surface area contributed by atoms with Crippen LogP contribution in [0.25, 0.3) is 11.3 Å². The molecule has 1 N–H and O–H groups in total. The first-order chi connectivity index (χ1) is 12.2. The topological polar surface area (TPSA) is 60.5 Å². The zero-order chi connectivity index (χ0) is 17.2. The molecule has 1 amide bonds. The third kappa shape index (κ3) is 3.34. The molecular weight excluding hydrogens is 336 g/mol. The quantitative estimate of drug-likeness (QED) is 0.769. The van der Waals surface area contributed by atoms with Crippen LogP contribution < -0.4 is 14.8 Å². The molecule has 0 spiro atoms. The van der Waals surface area contributed by atoms with E-state index in [1.165, 1.54) is 11.3 Å². The van der Waals surface area contributed by atoms with Gasteiger partial charge in [0.1, 0.15) is 13.2 Å². The Balaban J connectivity index is 1.53. The molecule has 2 aromatic carbocycles. The predicted octanol–water partition coefficient (Wildman–Crippen LogP) is 4.14. The Bertz CT molecular complexity index is 936. The Morgan fingerprint density at radius 2 is 1.96 bits per heavy atom. The summed E-state index contributed by atoms with van der Waals surface area (Å²) in [6.45, 7) is 3.07. The van der Waals surface area contributed by atoms with E-state index in [1.54, 1.807) is 6.07 Å². The van der Waals surface area contributed by atoms with E-state index in [0.717, 1.165) is 28.3 Å². The highest BCUT2D eigenvalue weighted by atomic mass is 32.1. The summed E-state index contributed by atoms with van der Waals surface area (Å²) >= 11 is 1.39. The Morgan fingerprint density at radius 3 is 2.80 bits per heavy atom. The van der Waals surface area contributed by atoms with Crippen molar-refractivity contribution in [1.29, 1.82) is 0 Å². The molecule has 1 aliphatic rings. The lowest BCUT2D eigenvalue weighted by Crippen LogP contribution is -2.15. The number of aryl methyl sites for hydroxylation is 1. The van der Waals surface area contributed by atoms with Crippen LogP contribution in [0, 0.1) is 6.92 Å². The third-order valence-electron chi connectivity index (χ3n) is 3.84. The maximum atomic E-state index is 12.3. The Kier molecular flexibility index (Phi) is 4.11. The van der Waals surface area contributed by atoms with Crippen LogP contribution in [0.3, 0.4) is 0 Å². The highest BCUT2D eigenvalue weighted by Gasteiger charge is 2.14. The summed E-state index contributed by atoms with van der Waals surface area (Å²) in [6, 6.07) is 13.2. The number of carbonyl (C=O) groups is 1. The summed E-state index contributed by atoms with van der Waals surface area (Å²) in [5.41, 5.74) is 3.39. The number of benzene rings is 2. The van der Waals surface area contributed by atoms with Gasteiger partial charge in [0.05, 0.1) is 5.69 Å². The average Bonchev–Trinajstić information content (AvgIpc) is 3.10. The van der Waals surface area contributed by atoms with Crippen LogP contribution in [0.1, 0.15) is 15.9 Å². The van der Waals surface area contributed by atoms with Crippen molar-refractivity contribution < 1.29 is 14.3 Å². The molecule has 1 aliphatic heterocycles. The van der Waals surface area contributed by atoms with E-state index in [1.807, 2.05) is 48.7 Å². The van der Waals surface area contributed by atoms with E-state index in [-0.39, 0.29) is 5.91 Å². The maximum Gasteiger partial charge on any atom is 0.257 e. The molecule has 0 aliphatic carbocycles. The van der Waals surface area contributed by atoms with Gasteiger partial charge < -0.3 is 9.47 Å². The summed E-state index contributed by atoms with van der Waals surface area (Å²) in [6.07, 6.45) is 0. The second-order valence-electron chi connectivity index (χ2n) is 5.72. The van der Waals surface area contributed by atoms with Gasteiger partial charge in [-0.1, -0.05) is 17.7 Å². The van der Waals surface area contributed by atoms with E-state index in [4.69, 9.17) is 9.47 Å². The van der Waals surface area contributed by atoms with Gasteiger partial charge in [-0.15, -0.1) is 11.3 Å². The number of hydrogen-bond donors (Lipinski definition) is 1. The Labute approximate surface area is 149 Å². The van der Waals surface area contributed by atoms with Gasteiger partial charge in [0.25, 0.3) is 5.91 Å². The van der Waals surface area contributed by atoms with Crippen molar-refractivity contribution in [1.82, 2.24) is 4.98 Å². The molecule has 3 aromatic rings. The molecule has 0 saturated heterocycles. The number of fused-ring (bicyclic) bond motifs is 1. The van der Waals surface area contributed by atoms with E-state index in [2.05, 4.69) is 10.3 Å². The number of aromatic nitrogens is 1. The van der Waals surface area contributed by atoms with Crippen molar-refractivity contribution in [3.05, 3.63) is 59.0 Å². The fourth-order valence-electron chi connectivity index (χ4n) is 2.62. The minimum atomic E-state index is -0.160. The third-order valence-corrected chi connectivity index (χ3v) is 4.60. The van der Waals surface area contributed by atoms with E-state index >= 15 is 0 Å². The second-order valence-corrected chi connectivity index (χ2v) is 6.58. The fourth-order valence-corrected chi connectivity index (χ4v) is 3.34. The first-order valence-corrected chi connectivity index (χ1v) is 8.80. The number of nitrogens with one attached hydrogen (secondary N) is 1. The van der Waals surface area contributed by atoms with E-state index in [0.29, 0.717) is 23.9 Å². The first-order valence-electron chi connectivity index (χ1n) is 7.92. The number of amides is 1. The van der Waals surface area contributed by atoms with Crippen LogP contribution in [-0.4, -0.2) is 24.1 Å². The lowest BCUT2D eigenvalue weighted by molar-refractivity contribution is 0.102. The van der Waals surface area contributed by atoms with Gasteiger partial charge in [0.15, 0.2) is 16.6 Å². The molecule has 0 radical (unpaired) electrons. The molecule has 1 aromatic heterocycles. The lowest BCUT2D eigenvalue weighted by atomic mass is 10.1. The summed E-state index contributed by atoms with van der Waals surface area (Å²) in [5, 5.41) is 5.33. The van der Waals surface area contributed by atoms with Crippen LogP contribution in [-0.2, 0) is 0 Å². The predicted molar refractivity (Wildman–Crippen MR) is 97.7 cm³/mol. The summed E-state index contributed by atoms with van der Waals surface area (Å²) < 4.78 is 11.1. The van der Waals surface area contributed by atoms with Crippen molar-refractivity contribution >= 4 is 22.4 Å². The van der Waals surface area contributed by atoms with Gasteiger partial charge >= 0.3 is 0 Å². The van der Waals surface area contributed by atoms with E-state index < -0.39 is 0 Å². The van der Waals surface area contributed by atoms with Crippen molar-refractivity contribution in [3.63, 3.8) is 0 Å². The van der Waals surface area contributed by atoms with Gasteiger partial charge in [-0.3, -0.25) is 10.1 Å². The summed E-state index contributed by atoms with van der Waals surface area (Å²) in [7, 11) is 0. The number of ether oxygens (including phenoxy) is 2. The largest absolute Gasteiger partial charge is 0.486 e. The number of nitrogens with zero attached hydrogens (tertiary/aromatic N) is 1. The Hall–Kier alpha value is -2.86. The summed E-state index contributed by atoms with van der Waals surface area (Å²) in [5.74, 6) is 1.31. The number of thiazole rings is 1. The van der Waals surface area contributed by atoms with Crippen LogP contribution in [0.5, 0.6) is 11.5 Å². The molecule has 4 rings (SSSR count). The molecule has 0 fully saturated rings.